The number of aliphatic imine (C=N–C) groups is 1. The average Bonchev–Trinajstić information content (AvgIpc) is 3.10. The normalized spacial score (nSPS) is 19.0. The Bertz CT molecular complexity index is 950. The van der Waals surface area contributed by atoms with Crippen molar-refractivity contribution in [3.8, 4) is 0 Å². The first kappa shape index (κ1) is 18.8. The average molecular weight is 411 g/mol. The SMILES string of the molecule is O=C1N=C(N2CCN(c3ncccc3Cl)CC2)SC1=CC=Cc1ccccc1. The summed E-state index contributed by atoms with van der Waals surface area (Å²) >= 11 is 7.68. The number of nitrogens with zero attached hydrogens (tertiary/aromatic N) is 4. The number of piperazine rings is 1. The molecule has 3 heterocycles. The first-order valence-electron chi connectivity index (χ1n) is 9.05. The number of amides is 1. The van der Waals surface area contributed by atoms with Crippen molar-refractivity contribution >= 4 is 46.3 Å². The fourth-order valence-electron chi connectivity index (χ4n) is 3.08. The Morgan fingerprint density at radius 3 is 2.50 bits per heavy atom. The lowest BCUT2D eigenvalue weighted by Crippen LogP contribution is -2.48. The van der Waals surface area contributed by atoms with Crippen LogP contribution in [0.15, 0.2) is 70.7 Å². The number of amidine groups is 1. The molecule has 2 aliphatic heterocycles. The second-order valence-corrected chi connectivity index (χ2v) is 7.80. The molecule has 0 atom stereocenters. The van der Waals surface area contributed by atoms with Crippen LogP contribution >= 0.6 is 23.4 Å². The summed E-state index contributed by atoms with van der Waals surface area (Å²) < 4.78 is 0. The highest BCUT2D eigenvalue weighted by molar-refractivity contribution is 8.18. The first-order valence-corrected chi connectivity index (χ1v) is 10.2. The summed E-state index contributed by atoms with van der Waals surface area (Å²) in [5, 5.41) is 1.44. The van der Waals surface area contributed by atoms with Crippen molar-refractivity contribution in [1.82, 2.24) is 9.88 Å². The van der Waals surface area contributed by atoms with Crippen LogP contribution in [0.5, 0.6) is 0 Å². The maximum absolute atomic E-state index is 12.2. The molecular weight excluding hydrogens is 392 g/mol. The van der Waals surface area contributed by atoms with Crippen molar-refractivity contribution in [2.24, 2.45) is 4.99 Å². The van der Waals surface area contributed by atoms with Gasteiger partial charge in [0.1, 0.15) is 5.82 Å². The molecule has 0 spiro atoms. The molecule has 7 heteroatoms. The smallest absolute Gasteiger partial charge is 0.286 e. The molecule has 0 unspecified atom stereocenters. The number of aromatic nitrogens is 1. The maximum atomic E-state index is 12.2. The first-order chi connectivity index (χ1) is 13.7. The van der Waals surface area contributed by atoms with Crippen LogP contribution in [0.4, 0.5) is 5.82 Å². The summed E-state index contributed by atoms with van der Waals surface area (Å²) in [5.74, 6) is 0.639. The second-order valence-electron chi connectivity index (χ2n) is 6.39. The molecule has 1 fully saturated rings. The topological polar surface area (TPSA) is 48.8 Å². The third-order valence-electron chi connectivity index (χ3n) is 4.53. The minimum Gasteiger partial charge on any atom is -0.352 e. The maximum Gasteiger partial charge on any atom is 0.286 e. The van der Waals surface area contributed by atoms with Crippen LogP contribution in [0.25, 0.3) is 6.08 Å². The van der Waals surface area contributed by atoms with Crippen molar-refractivity contribution < 1.29 is 4.79 Å². The number of hydrogen-bond donors (Lipinski definition) is 0. The number of pyridine rings is 1. The van der Waals surface area contributed by atoms with Crippen molar-refractivity contribution in [2.45, 2.75) is 0 Å². The molecular formula is C21H19ClN4OS. The predicted octanol–water partition coefficient (Wildman–Crippen LogP) is 4.08. The number of halogens is 1. The van der Waals surface area contributed by atoms with Crippen LogP contribution in [0.3, 0.4) is 0 Å². The molecule has 28 heavy (non-hydrogen) atoms. The molecule has 5 nitrogen and oxygen atoms in total. The highest BCUT2D eigenvalue weighted by Crippen LogP contribution is 2.30. The Kier molecular flexibility index (Phi) is 5.78. The quantitative estimate of drug-likeness (QED) is 0.713. The Morgan fingerprint density at radius 2 is 1.75 bits per heavy atom. The molecule has 2 aliphatic rings. The number of carbonyl (C=O) groups excluding carboxylic acids is 1. The predicted molar refractivity (Wildman–Crippen MR) is 117 cm³/mol. The number of benzene rings is 1. The lowest BCUT2D eigenvalue weighted by molar-refractivity contribution is -0.113. The van der Waals surface area contributed by atoms with Gasteiger partial charge in [-0.3, -0.25) is 4.79 Å². The molecule has 1 aromatic heterocycles. The zero-order valence-corrected chi connectivity index (χ0v) is 16.7. The number of rotatable bonds is 3. The highest BCUT2D eigenvalue weighted by Gasteiger charge is 2.28. The molecule has 142 valence electrons. The fourth-order valence-corrected chi connectivity index (χ4v) is 4.24. The van der Waals surface area contributed by atoms with Crippen LogP contribution in [-0.4, -0.2) is 47.1 Å². The zero-order chi connectivity index (χ0) is 19.3. The summed E-state index contributed by atoms with van der Waals surface area (Å²) in [4.78, 5) is 25.8. The van der Waals surface area contributed by atoms with Gasteiger partial charge in [-0.05, 0) is 35.5 Å². The van der Waals surface area contributed by atoms with E-state index in [1.807, 2.05) is 60.7 Å². The van der Waals surface area contributed by atoms with Gasteiger partial charge in [-0.25, -0.2) is 4.98 Å². The molecule has 0 aliphatic carbocycles. The van der Waals surface area contributed by atoms with E-state index in [4.69, 9.17) is 11.6 Å². The van der Waals surface area contributed by atoms with Gasteiger partial charge in [0, 0.05) is 32.4 Å². The fraction of sp³-hybridized carbons (Fsp3) is 0.190. The number of anilines is 1. The lowest BCUT2D eigenvalue weighted by Gasteiger charge is -2.36. The minimum atomic E-state index is -0.173. The third kappa shape index (κ3) is 4.29. The van der Waals surface area contributed by atoms with E-state index in [0.717, 1.165) is 42.7 Å². The van der Waals surface area contributed by atoms with E-state index >= 15 is 0 Å². The second kappa shape index (κ2) is 8.63. The molecule has 0 bridgehead atoms. The third-order valence-corrected chi connectivity index (χ3v) is 5.89. The van der Waals surface area contributed by atoms with Crippen LogP contribution in [0.2, 0.25) is 5.02 Å². The van der Waals surface area contributed by atoms with Gasteiger partial charge in [-0.2, -0.15) is 4.99 Å². The van der Waals surface area contributed by atoms with Gasteiger partial charge in [0.2, 0.25) is 0 Å². The van der Waals surface area contributed by atoms with Crippen molar-refractivity contribution in [3.05, 3.63) is 76.3 Å². The van der Waals surface area contributed by atoms with Gasteiger partial charge in [0.25, 0.3) is 5.91 Å². The molecule has 0 N–H and O–H groups in total. The monoisotopic (exact) mass is 410 g/mol. The molecule has 1 aromatic carbocycles. The Morgan fingerprint density at radius 1 is 1.00 bits per heavy atom. The van der Waals surface area contributed by atoms with E-state index in [-0.39, 0.29) is 5.91 Å². The van der Waals surface area contributed by atoms with Crippen LogP contribution in [-0.2, 0) is 4.79 Å². The van der Waals surface area contributed by atoms with Crippen molar-refractivity contribution in [3.63, 3.8) is 0 Å². The number of carbonyl (C=O) groups is 1. The Hall–Kier alpha value is -2.57. The van der Waals surface area contributed by atoms with E-state index in [0.29, 0.717) is 9.93 Å². The number of hydrogen-bond acceptors (Lipinski definition) is 5. The van der Waals surface area contributed by atoms with E-state index in [1.165, 1.54) is 11.8 Å². The lowest BCUT2D eigenvalue weighted by atomic mass is 10.2. The number of thioether (sulfide) groups is 1. The van der Waals surface area contributed by atoms with Gasteiger partial charge in [0.05, 0.1) is 9.93 Å². The van der Waals surface area contributed by atoms with Crippen molar-refractivity contribution in [1.29, 1.82) is 0 Å². The van der Waals surface area contributed by atoms with E-state index in [9.17, 15) is 4.79 Å². The van der Waals surface area contributed by atoms with Crippen LogP contribution in [0.1, 0.15) is 5.56 Å². The van der Waals surface area contributed by atoms with Gasteiger partial charge in [-0.1, -0.05) is 54.1 Å². The van der Waals surface area contributed by atoms with Crippen molar-refractivity contribution in [2.75, 3.05) is 31.1 Å². The highest BCUT2D eigenvalue weighted by atomic mass is 35.5. The molecule has 1 saturated heterocycles. The van der Waals surface area contributed by atoms with E-state index in [2.05, 4.69) is 19.8 Å². The minimum absolute atomic E-state index is 0.173. The summed E-state index contributed by atoms with van der Waals surface area (Å²) in [6, 6.07) is 13.7. The van der Waals surface area contributed by atoms with Gasteiger partial charge in [-0.15, -0.1) is 0 Å². The van der Waals surface area contributed by atoms with Crippen LogP contribution < -0.4 is 4.90 Å². The van der Waals surface area contributed by atoms with Gasteiger partial charge < -0.3 is 9.80 Å². The summed E-state index contributed by atoms with van der Waals surface area (Å²) in [6.07, 6.45) is 7.47. The molecule has 1 amide bonds. The Balaban J connectivity index is 1.36. The molecule has 0 radical (unpaired) electrons. The molecule has 0 saturated carbocycles. The van der Waals surface area contributed by atoms with Gasteiger partial charge in [0.15, 0.2) is 5.17 Å². The zero-order valence-electron chi connectivity index (χ0n) is 15.2. The Labute approximate surface area is 173 Å². The van der Waals surface area contributed by atoms with E-state index in [1.54, 1.807) is 6.20 Å². The summed E-state index contributed by atoms with van der Waals surface area (Å²) in [7, 11) is 0. The summed E-state index contributed by atoms with van der Waals surface area (Å²) in [5.41, 5.74) is 1.10. The number of allylic oxidation sites excluding steroid dienone is 2. The molecule has 2 aromatic rings. The van der Waals surface area contributed by atoms with E-state index < -0.39 is 0 Å². The van der Waals surface area contributed by atoms with Crippen LogP contribution in [0, 0.1) is 0 Å². The summed E-state index contributed by atoms with van der Waals surface area (Å²) in [6.45, 7) is 3.13. The molecule has 4 rings (SSSR count). The standard InChI is InChI=1S/C21H19ClN4OS/c22-17-9-5-11-23-19(17)25-12-14-26(15-13-25)21-24-20(27)18(28-21)10-4-8-16-6-2-1-3-7-16/h1-11H,12-15H2. The van der Waals surface area contributed by atoms with Gasteiger partial charge >= 0.3 is 0 Å². The largest absolute Gasteiger partial charge is 0.352 e.